The molecular formula is C21H36N4O3S. The van der Waals surface area contributed by atoms with Gasteiger partial charge in [-0.3, -0.25) is 0 Å². The van der Waals surface area contributed by atoms with Crippen molar-refractivity contribution < 1.29 is 13.2 Å². The standard InChI is InChI=1S/C21H36N4O3S/c1-3-23-21(24-13-14-28-20-11-6-4-5-7-12-20)25-16-18-9-8-10-19(15-18)17-29(26,27)22-2/h8-10,15,20,22H,3-7,11-14,16-17H2,1-2H3,(H2,23,24,25). The zero-order chi connectivity index (χ0) is 21.0. The normalized spacial score (nSPS) is 16.4. The highest BCUT2D eigenvalue weighted by Crippen LogP contribution is 2.19. The molecule has 8 heteroatoms. The number of nitrogens with zero attached hydrogens (tertiary/aromatic N) is 1. The molecule has 0 aromatic heterocycles. The third-order valence-electron chi connectivity index (χ3n) is 4.97. The average molecular weight is 425 g/mol. The van der Waals surface area contributed by atoms with E-state index in [2.05, 4.69) is 20.3 Å². The van der Waals surface area contributed by atoms with Crippen LogP contribution in [0.15, 0.2) is 29.3 Å². The van der Waals surface area contributed by atoms with Crippen LogP contribution < -0.4 is 15.4 Å². The molecule has 29 heavy (non-hydrogen) atoms. The van der Waals surface area contributed by atoms with Crippen molar-refractivity contribution in [2.45, 2.75) is 63.9 Å². The van der Waals surface area contributed by atoms with Crippen LogP contribution in [0.4, 0.5) is 0 Å². The minimum absolute atomic E-state index is 0.0299. The fraction of sp³-hybridized carbons (Fsp3) is 0.667. The van der Waals surface area contributed by atoms with Crippen molar-refractivity contribution in [1.29, 1.82) is 0 Å². The predicted octanol–water partition coefficient (Wildman–Crippen LogP) is 2.53. The lowest BCUT2D eigenvalue weighted by atomic mass is 10.1. The lowest BCUT2D eigenvalue weighted by Gasteiger charge is -2.16. The molecule has 1 saturated carbocycles. The maximum atomic E-state index is 11.7. The van der Waals surface area contributed by atoms with Gasteiger partial charge in [-0.1, -0.05) is 49.9 Å². The van der Waals surface area contributed by atoms with Crippen molar-refractivity contribution in [2.75, 3.05) is 26.7 Å². The molecule has 0 radical (unpaired) electrons. The van der Waals surface area contributed by atoms with E-state index >= 15 is 0 Å². The number of hydrogen-bond acceptors (Lipinski definition) is 4. The van der Waals surface area contributed by atoms with Crippen LogP contribution in [0.1, 0.15) is 56.6 Å². The Kier molecular flexibility index (Phi) is 10.5. The lowest BCUT2D eigenvalue weighted by molar-refractivity contribution is 0.0468. The summed E-state index contributed by atoms with van der Waals surface area (Å²) >= 11 is 0. The van der Waals surface area contributed by atoms with E-state index in [0.717, 1.165) is 23.6 Å². The van der Waals surface area contributed by atoms with Gasteiger partial charge in [-0.25, -0.2) is 18.1 Å². The van der Waals surface area contributed by atoms with Crippen LogP contribution in [0.5, 0.6) is 0 Å². The molecule has 0 bridgehead atoms. The molecule has 1 aliphatic carbocycles. The Morgan fingerprint density at radius 3 is 2.55 bits per heavy atom. The maximum Gasteiger partial charge on any atom is 0.215 e. The molecule has 2 rings (SSSR count). The second kappa shape index (κ2) is 12.8. The molecule has 1 fully saturated rings. The van der Waals surface area contributed by atoms with E-state index in [1.807, 2.05) is 31.2 Å². The van der Waals surface area contributed by atoms with Gasteiger partial charge in [0.1, 0.15) is 0 Å². The van der Waals surface area contributed by atoms with Crippen LogP contribution in [0, 0.1) is 0 Å². The second-order valence-corrected chi connectivity index (χ2v) is 9.32. The first-order valence-electron chi connectivity index (χ1n) is 10.6. The summed E-state index contributed by atoms with van der Waals surface area (Å²) in [5, 5.41) is 6.56. The van der Waals surface area contributed by atoms with Gasteiger partial charge in [0.2, 0.25) is 10.0 Å². The number of ether oxygens (including phenoxy) is 1. The first-order chi connectivity index (χ1) is 14.0. The van der Waals surface area contributed by atoms with E-state index in [-0.39, 0.29) is 5.75 Å². The molecule has 0 heterocycles. The van der Waals surface area contributed by atoms with Gasteiger partial charge >= 0.3 is 0 Å². The van der Waals surface area contributed by atoms with Gasteiger partial charge in [0.05, 0.1) is 25.0 Å². The molecule has 0 unspecified atom stereocenters. The number of sulfonamides is 1. The molecule has 0 spiro atoms. The van der Waals surface area contributed by atoms with Crippen molar-refractivity contribution in [3.05, 3.63) is 35.4 Å². The molecule has 0 atom stereocenters. The van der Waals surface area contributed by atoms with Gasteiger partial charge in [-0.15, -0.1) is 0 Å². The quantitative estimate of drug-likeness (QED) is 0.232. The van der Waals surface area contributed by atoms with Crippen molar-refractivity contribution in [2.24, 2.45) is 4.99 Å². The van der Waals surface area contributed by atoms with Crippen LogP contribution in [0.3, 0.4) is 0 Å². The average Bonchev–Trinajstić information content (AvgIpc) is 2.98. The molecular weight excluding hydrogens is 388 g/mol. The molecule has 0 aliphatic heterocycles. The van der Waals surface area contributed by atoms with E-state index in [4.69, 9.17) is 4.74 Å². The summed E-state index contributed by atoms with van der Waals surface area (Å²) < 4.78 is 31.8. The van der Waals surface area contributed by atoms with E-state index in [9.17, 15) is 8.42 Å². The summed E-state index contributed by atoms with van der Waals surface area (Å²) in [7, 11) is -1.85. The first kappa shape index (κ1) is 23.6. The van der Waals surface area contributed by atoms with Gasteiger partial charge in [-0.05, 0) is 37.9 Å². The van der Waals surface area contributed by atoms with Crippen molar-refractivity contribution in [1.82, 2.24) is 15.4 Å². The van der Waals surface area contributed by atoms with E-state index < -0.39 is 10.0 Å². The number of hydrogen-bond donors (Lipinski definition) is 3. The molecule has 164 valence electrons. The summed E-state index contributed by atoms with van der Waals surface area (Å²) in [4.78, 5) is 4.61. The maximum absolute atomic E-state index is 11.7. The Bertz CT molecular complexity index is 729. The Hall–Kier alpha value is -1.64. The number of guanidine groups is 1. The fourth-order valence-corrected chi connectivity index (χ4v) is 4.19. The number of nitrogens with one attached hydrogen (secondary N) is 3. The molecule has 1 aromatic rings. The number of aliphatic imine (C=N–C) groups is 1. The van der Waals surface area contributed by atoms with Gasteiger partial charge < -0.3 is 15.4 Å². The minimum Gasteiger partial charge on any atom is -0.376 e. The third kappa shape index (κ3) is 9.60. The van der Waals surface area contributed by atoms with Crippen molar-refractivity contribution in [3.8, 4) is 0 Å². The molecule has 1 aliphatic rings. The fourth-order valence-electron chi connectivity index (χ4n) is 3.43. The minimum atomic E-state index is -3.28. The van der Waals surface area contributed by atoms with Crippen LogP contribution in [0.2, 0.25) is 0 Å². The van der Waals surface area contributed by atoms with Crippen molar-refractivity contribution in [3.63, 3.8) is 0 Å². The number of rotatable bonds is 10. The largest absolute Gasteiger partial charge is 0.376 e. The van der Waals surface area contributed by atoms with Gasteiger partial charge in [0.25, 0.3) is 0 Å². The van der Waals surface area contributed by atoms with Gasteiger partial charge in [0, 0.05) is 13.1 Å². The molecule has 3 N–H and O–H groups in total. The molecule has 7 nitrogen and oxygen atoms in total. The number of benzene rings is 1. The van der Waals surface area contributed by atoms with Crippen LogP contribution in [-0.4, -0.2) is 47.2 Å². The zero-order valence-corrected chi connectivity index (χ0v) is 18.6. The van der Waals surface area contributed by atoms with Gasteiger partial charge in [-0.2, -0.15) is 0 Å². The SMILES string of the molecule is CCNC(=NCc1cccc(CS(=O)(=O)NC)c1)NCCOC1CCCCCC1. The Morgan fingerprint density at radius 2 is 1.86 bits per heavy atom. The highest BCUT2D eigenvalue weighted by Gasteiger charge is 2.12. The van der Waals surface area contributed by atoms with Crippen LogP contribution in [-0.2, 0) is 27.1 Å². The molecule has 1 aromatic carbocycles. The smallest absolute Gasteiger partial charge is 0.215 e. The highest BCUT2D eigenvalue weighted by molar-refractivity contribution is 7.88. The van der Waals surface area contributed by atoms with Gasteiger partial charge in [0.15, 0.2) is 5.96 Å². The monoisotopic (exact) mass is 424 g/mol. The lowest BCUT2D eigenvalue weighted by Crippen LogP contribution is -2.39. The van der Waals surface area contributed by atoms with E-state index in [1.165, 1.54) is 45.6 Å². The predicted molar refractivity (Wildman–Crippen MR) is 118 cm³/mol. The third-order valence-corrected chi connectivity index (χ3v) is 6.31. The zero-order valence-electron chi connectivity index (χ0n) is 17.7. The summed E-state index contributed by atoms with van der Waals surface area (Å²) in [6, 6.07) is 7.53. The van der Waals surface area contributed by atoms with Crippen molar-refractivity contribution >= 4 is 16.0 Å². The van der Waals surface area contributed by atoms with E-state index in [0.29, 0.717) is 25.8 Å². The topological polar surface area (TPSA) is 91.8 Å². The Balaban J connectivity index is 1.83. The van der Waals surface area contributed by atoms with Crippen LogP contribution >= 0.6 is 0 Å². The summed E-state index contributed by atoms with van der Waals surface area (Å²) in [5.41, 5.74) is 1.72. The highest BCUT2D eigenvalue weighted by atomic mass is 32.2. The summed E-state index contributed by atoms with van der Waals surface area (Å²) in [5.74, 6) is 0.711. The molecule has 0 saturated heterocycles. The molecule has 0 amide bonds. The second-order valence-electron chi connectivity index (χ2n) is 7.39. The van der Waals surface area contributed by atoms with E-state index in [1.54, 1.807) is 0 Å². The first-order valence-corrected chi connectivity index (χ1v) is 12.3. The Labute approximate surface area is 175 Å². The summed E-state index contributed by atoms with van der Waals surface area (Å²) in [6.07, 6.45) is 7.96. The Morgan fingerprint density at radius 1 is 1.14 bits per heavy atom. The van der Waals surface area contributed by atoms with Crippen LogP contribution in [0.25, 0.3) is 0 Å². The summed E-state index contributed by atoms with van der Waals surface area (Å²) in [6.45, 7) is 4.67.